The van der Waals surface area contributed by atoms with Crippen LogP contribution in [0.15, 0.2) is 24.3 Å². The van der Waals surface area contributed by atoms with Gasteiger partial charge in [0.05, 0.1) is 6.61 Å². The van der Waals surface area contributed by atoms with E-state index in [-0.39, 0.29) is 13.0 Å². The van der Waals surface area contributed by atoms with E-state index in [2.05, 4.69) is 4.74 Å². The Bertz CT molecular complexity index is 457. The highest BCUT2D eigenvalue weighted by atomic mass is 19.3. The fraction of sp³-hybridized carbons (Fsp3) is 0.333. The summed E-state index contributed by atoms with van der Waals surface area (Å²) in [6.07, 6.45) is 0.253. The van der Waals surface area contributed by atoms with Gasteiger partial charge in [-0.3, -0.25) is 4.79 Å². The Labute approximate surface area is 102 Å². The van der Waals surface area contributed by atoms with Gasteiger partial charge in [-0.15, -0.1) is 0 Å². The molecule has 4 nitrogen and oxygen atoms in total. The lowest BCUT2D eigenvalue weighted by Crippen LogP contribution is -2.25. The number of hydrogen-bond acceptors (Lipinski definition) is 3. The molecule has 0 amide bonds. The molecule has 0 aliphatic carbocycles. The molecule has 6 heteroatoms. The second kappa shape index (κ2) is 5.57. The average molecular weight is 258 g/mol. The molecule has 0 saturated heterocycles. The zero-order valence-corrected chi connectivity index (χ0v) is 9.65. The number of ether oxygens (including phenoxy) is 1. The summed E-state index contributed by atoms with van der Waals surface area (Å²) >= 11 is 0. The highest BCUT2D eigenvalue weighted by Crippen LogP contribution is 2.28. The van der Waals surface area contributed by atoms with Crippen LogP contribution in [0.2, 0.25) is 0 Å². The third kappa shape index (κ3) is 3.51. The van der Waals surface area contributed by atoms with E-state index in [0.29, 0.717) is 5.56 Å². The van der Waals surface area contributed by atoms with Gasteiger partial charge >= 0.3 is 17.9 Å². The molecule has 0 fully saturated rings. The van der Waals surface area contributed by atoms with Gasteiger partial charge in [0.2, 0.25) is 0 Å². The molecular formula is C12H12F2O4. The summed E-state index contributed by atoms with van der Waals surface area (Å²) in [5.74, 6) is -6.57. The van der Waals surface area contributed by atoms with Crippen molar-refractivity contribution in [3.05, 3.63) is 35.4 Å². The number of hydrogen-bond donors (Lipinski definition) is 1. The largest absolute Gasteiger partial charge is 0.477 e. The molecule has 0 heterocycles. The van der Waals surface area contributed by atoms with E-state index >= 15 is 0 Å². The molecular weight excluding hydrogens is 246 g/mol. The van der Waals surface area contributed by atoms with Crippen LogP contribution in [0.1, 0.15) is 18.1 Å². The van der Waals surface area contributed by atoms with Crippen LogP contribution in [0.25, 0.3) is 0 Å². The first kappa shape index (κ1) is 14.1. The summed E-state index contributed by atoms with van der Waals surface area (Å²) in [6.45, 7) is 1.31. The molecule has 0 aliphatic rings. The van der Waals surface area contributed by atoms with Gasteiger partial charge in [0.25, 0.3) is 0 Å². The monoisotopic (exact) mass is 258 g/mol. The van der Waals surface area contributed by atoms with E-state index in [9.17, 15) is 18.4 Å². The van der Waals surface area contributed by atoms with Gasteiger partial charge in [-0.25, -0.2) is 4.79 Å². The smallest absolute Gasteiger partial charge is 0.379 e. The first-order valence-corrected chi connectivity index (χ1v) is 5.18. The van der Waals surface area contributed by atoms with E-state index in [1.54, 1.807) is 6.07 Å². The molecule has 1 N–H and O–H groups in total. The Morgan fingerprint density at radius 3 is 2.61 bits per heavy atom. The third-order valence-corrected chi connectivity index (χ3v) is 2.25. The highest BCUT2D eigenvalue weighted by molar-refractivity contribution is 5.77. The van der Waals surface area contributed by atoms with Gasteiger partial charge in [0, 0.05) is 18.9 Å². The van der Waals surface area contributed by atoms with Crippen LogP contribution in [-0.2, 0) is 26.7 Å². The Kier molecular flexibility index (Phi) is 4.36. The van der Waals surface area contributed by atoms with Crippen LogP contribution in [0.5, 0.6) is 0 Å². The minimum absolute atomic E-state index is 0.0669. The molecule has 98 valence electrons. The summed E-state index contributed by atoms with van der Waals surface area (Å²) < 4.78 is 31.1. The lowest BCUT2D eigenvalue weighted by molar-refractivity contribution is -0.166. The molecule has 0 spiro atoms. The van der Waals surface area contributed by atoms with Crippen molar-refractivity contribution in [3.63, 3.8) is 0 Å². The van der Waals surface area contributed by atoms with Crippen molar-refractivity contribution in [1.82, 2.24) is 0 Å². The molecule has 0 unspecified atom stereocenters. The van der Waals surface area contributed by atoms with Crippen molar-refractivity contribution in [2.45, 2.75) is 19.3 Å². The highest BCUT2D eigenvalue weighted by Gasteiger charge is 2.40. The first-order chi connectivity index (χ1) is 8.34. The molecule has 0 aromatic heterocycles. The number of carboxylic acid groups (broad SMARTS) is 1. The zero-order valence-electron chi connectivity index (χ0n) is 9.65. The van der Waals surface area contributed by atoms with Crippen LogP contribution >= 0.6 is 0 Å². The fourth-order valence-corrected chi connectivity index (χ4v) is 1.36. The van der Waals surface area contributed by atoms with Crippen molar-refractivity contribution in [2.24, 2.45) is 0 Å². The predicted octanol–water partition coefficient (Wildman–Crippen LogP) is 1.97. The van der Waals surface area contributed by atoms with Crippen molar-refractivity contribution >= 4 is 11.9 Å². The maximum Gasteiger partial charge on any atom is 0.379 e. The first-order valence-electron chi connectivity index (χ1n) is 5.18. The second-order valence-electron chi connectivity index (χ2n) is 3.67. The number of carbonyl (C=O) groups excluding carboxylic acids is 1. The number of alkyl halides is 2. The Balaban J connectivity index is 2.79. The predicted molar refractivity (Wildman–Crippen MR) is 58.3 cm³/mol. The fourth-order valence-electron chi connectivity index (χ4n) is 1.36. The summed E-state index contributed by atoms with van der Waals surface area (Å²) in [4.78, 5) is 20.9. The maximum absolute atomic E-state index is 13.2. The quantitative estimate of drug-likeness (QED) is 0.820. The van der Waals surface area contributed by atoms with Gasteiger partial charge in [-0.2, -0.15) is 8.78 Å². The number of aliphatic carboxylic acids is 1. The van der Waals surface area contributed by atoms with Crippen LogP contribution in [0.3, 0.4) is 0 Å². The number of rotatable bonds is 5. The van der Waals surface area contributed by atoms with Gasteiger partial charge in [0.1, 0.15) is 0 Å². The molecule has 0 aliphatic heterocycles. The van der Waals surface area contributed by atoms with Crippen LogP contribution < -0.4 is 0 Å². The SMILES string of the molecule is CC(=O)OCCc1cccc(C(F)(F)C(=O)O)c1. The standard InChI is InChI=1S/C12H12F2O4/c1-8(15)18-6-5-9-3-2-4-10(7-9)12(13,14)11(16)17/h2-4,7H,5-6H2,1H3,(H,16,17). The third-order valence-electron chi connectivity index (χ3n) is 2.25. The van der Waals surface area contributed by atoms with Gasteiger partial charge in [0.15, 0.2) is 0 Å². The van der Waals surface area contributed by atoms with Gasteiger partial charge in [-0.1, -0.05) is 18.2 Å². The minimum atomic E-state index is -3.92. The zero-order chi connectivity index (χ0) is 13.8. The average Bonchev–Trinajstić information content (AvgIpc) is 2.28. The topological polar surface area (TPSA) is 63.6 Å². The summed E-state index contributed by atoms with van der Waals surface area (Å²) in [7, 11) is 0. The van der Waals surface area contributed by atoms with Crippen molar-refractivity contribution in [3.8, 4) is 0 Å². The molecule has 0 bridgehead atoms. The summed E-state index contributed by atoms with van der Waals surface area (Å²) in [5, 5.41) is 8.42. The van der Waals surface area contributed by atoms with Crippen molar-refractivity contribution < 1.29 is 28.2 Å². The Hall–Kier alpha value is -1.98. The molecule has 18 heavy (non-hydrogen) atoms. The number of carboxylic acids is 1. The lowest BCUT2D eigenvalue weighted by atomic mass is 10.0. The van der Waals surface area contributed by atoms with Crippen molar-refractivity contribution in [2.75, 3.05) is 6.61 Å². The van der Waals surface area contributed by atoms with E-state index < -0.39 is 23.4 Å². The summed E-state index contributed by atoms with van der Waals surface area (Å²) in [5.41, 5.74) is -0.106. The minimum Gasteiger partial charge on any atom is -0.477 e. The Morgan fingerprint density at radius 1 is 1.39 bits per heavy atom. The lowest BCUT2D eigenvalue weighted by Gasteiger charge is -2.12. The Morgan fingerprint density at radius 2 is 2.06 bits per heavy atom. The van der Waals surface area contributed by atoms with E-state index in [1.165, 1.54) is 13.0 Å². The molecule has 0 saturated carbocycles. The molecule has 1 aromatic carbocycles. The molecule has 0 atom stereocenters. The normalized spacial score (nSPS) is 11.1. The molecule has 1 rings (SSSR count). The maximum atomic E-state index is 13.2. The number of benzene rings is 1. The number of esters is 1. The van der Waals surface area contributed by atoms with E-state index in [0.717, 1.165) is 12.1 Å². The molecule has 1 aromatic rings. The van der Waals surface area contributed by atoms with E-state index in [4.69, 9.17) is 5.11 Å². The van der Waals surface area contributed by atoms with Gasteiger partial charge < -0.3 is 9.84 Å². The number of carbonyl (C=O) groups is 2. The number of halogens is 2. The van der Waals surface area contributed by atoms with Crippen LogP contribution in [-0.4, -0.2) is 23.7 Å². The van der Waals surface area contributed by atoms with Crippen LogP contribution in [0, 0.1) is 0 Å². The van der Waals surface area contributed by atoms with Crippen LogP contribution in [0.4, 0.5) is 8.78 Å². The second-order valence-corrected chi connectivity index (χ2v) is 3.67. The van der Waals surface area contributed by atoms with Crippen molar-refractivity contribution in [1.29, 1.82) is 0 Å². The molecule has 0 radical (unpaired) electrons. The summed E-state index contributed by atoms with van der Waals surface area (Å²) in [6, 6.07) is 5.04. The van der Waals surface area contributed by atoms with Gasteiger partial charge in [-0.05, 0) is 11.6 Å². The van der Waals surface area contributed by atoms with E-state index in [1.807, 2.05) is 0 Å².